The third-order valence-electron chi connectivity index (χ3n) is 5.24. The maximum absolute atomic E-state index is 5.70. The minimum Gasteiger partial charge on any atom is -0.498 e. The molecule has 3 nitrogen and oxygen atoms in total. The molecule has 7 unspecified atom stereocenters. The number of ether oxygens (including phenoxy) is 3. The van der Waals surface area contributed by atoms with Gasteiger partial charge in [-0.3, -0.25) is 0 Å². The minimum atomic E-state index is 0.176. The van der Waals surface area contributed by atoms with Crippen LogP contribution in [0, 0.1) is 23.7 Å². The van der Waals surface area contributed by atoms with Crippen molar-refractivity contribution in [2.75, 3.05) is 7.11 Å². The second-order valence-electron chi connectivity index (χ2n) is 5.75. The summed E-state index contributed by atoms with van der Waals surface area (Å²) in [7, 11) is 1.80. The Balaban J connectivity index is 1.76. The Kier molecular flexibility index (Phi) is 3.10. The van der Waals surface area contributed by atoms with Gasteiger partial charge in [0.15, 0.2) is 0 Å². The van der Waals surface area contributed by atoms with E-state index in [1.807, 2.05) is 0 Å². The number of hydrogen-bond acceptors (Lipinski definition) is 3. The van der Waals surface area contributed by atoms with Crippen LogP contribution in [0.25, 0.3) is 0 Å². The Bertz CT molecular complexity index is 341. The summed E-state index contributed by atoms with van der Waals surface area (Å²) < 4.78 is 17.0. The summed E-state index contributed by atoms with van der Waals surface area (Å²) in [5, 5.41) is 0. The molecular weight excluding hydrogens is 228 g/mol. The van der Waals surface area contributed by atoms with Gasteiger partial charge in [0.1, 0.15) is 12.2 Å². The van der Waals surface area contributed by atoms with Crippen molar-refractivity contribution in [3.8, 4) is 0 Å². The monoisotopic (exact) mass is 250 g/mol. The topological polar surface area (TPSA) is 27.7 Å². The van der Waals surface area contributed by atoms with Gasteiger partial charge in [0.25, 0.3) is 0 Å². The molecular formula is C15H22O3. The van der Waals surface area contributed by atoms with Crippen LogP contribution in [0.1, 0.15) is 19.3 Å². The largest absolute Gasteiger partial charge is 0.498 e. The molecule has 0 aromatic carbocycles. The first-order valence-electron chi connectivity index (χ1n) is 6.85. The summed E-state index contributed by atoms with van der Waals surface area (Å²) >= 11 is 0. The molecule has 7 atom stereocenters. The van der Waals surface area contributed by atoms with Crippen molar-refractivity contribution in [3.05, 3.63) is 25.7 Å². The molecule has 100 valence electrons. The SMILES string of the molecule is C=COC1CC2CC1C1CC(OC=C)C(OC)C21. The van der Waals surface area contributed by atoms with Crippen molar-refractivity contribution in [3.63, 3.8) is 0 Å². The molecule has 0 aliphatic heterocycles. The van der Waals surface area contributed by atoms with E-state index in [-0.39, 0.29) is 12.2 Å². The Labute approximate surface area is 109 Å². The van der Waals surface area contributed by atoms with E-state index in [1.54, 1.807) is 19.6 Å². The van der Waals surface area contributed by atoms with Gasteiger partial charge in [-0.15, -0.1) is 0 Å². The van der Waals surface area contributed by atoms with Crippen molar-refractivity contribution in [1.29, 1.82) is 0 Å². The first-order chi connectivity index (χ1) is 8.80. The van der Waals surface area contributed by atoms with Crippen LogP contribution in [0.4, 0.5) is 0 Å². The zero-order valence-electron chi connectivity index (χ0n) is 11.0. The van der Waals surface area contributed by atoms with Crippen LogP contribution in [0.2, 0.25) is 0 Å². The third kappa shape index (κ3) is 1.60. The van der Waals surface area contributed by atoms with E-state index in [9.17, 15) is 0 Å². The maximum Gasteiger partial charge on any atom is 0.124 e. The first-order valence-corrected chi connectivity index (χ1v) is 6.85. The van der Waals surface area contributed by atoms with E-state index in [0.29, 0.717) is 23.9 Å². The van der Waals surface area contributed by atoms with Crippen molar-refractivity contribution in [1.82, 2.24) is 0 Å². The van der Waals surface area contributed by atoms with Crippen LogP contribution >= 0.6 is 0 Å². The summed E-state index contributed by atoms with van der Waals surface area (Å²) in [6.07, 6.45) is 7.44. The van der Waals surface area contributed by atoms with E-state index < -0.39 is 0 Å². The Morgan fingerprint density at radius 3 is 2.33 bits per heavy atom. The smallest absolute Gasteiger partial charge is 0.124 e. The fraction of sp³-hybridized carbons (Fsp3) is 0.733. The molecule has 18 heavy (non-hydrogen) atoms. The number of hydrogen-bond donors (Lipinski definition) is 0. The number of methoxy groups -OCH3 is 1. The first kappa shape index (κ1) is 12.1. The van der Waals surface area contributed by atoms with E-state index >= 15 is 0 Å². The molecule has 2 bridgehead atoms. The molecule has 3 rings (SSSR count). The molecule has 3 aliphatic carbocycles. The number of rotatable bonds is 5. The van der Waals surface area contributed by atoms with Crippen molar-refractivity contribution < 1.29 is 14.2 Å². The molecule has 0 radical (unpaired) electrons. The van der Waals surface area contributed by atoms with Gasteiger partial charge in [-0.05, 0) is 42.9 Å². The quantitative estimate of drug-likeness (QED) is 0.702. The van der Waals surface area contributed by atoms with E-state index in [0.717, 1.165) is 18.8 Å². The Morgan fingerprint density at radius 2 is 1.67 bits per heavy atom. The Morgan fingerprint density at radius 1 is 0.944 bits per heavy atom. The third-order valence-corrected chi connectivity index (χ3v) is 5.24. The lowest BCUT2D eigenvalue weighted by molar-refractivity contribution is -0.0376. The van der Waals surface area contributed by atoms with E-state index in [4.69, 9.17) is 14.2 Å². The predicted octanol–water partition coefficient (Wildman–Crippen LogP) is 2.73. The van der Waals surface area contributed by atoms with Crippen LogP contribution < -0.4 is 0 Å². The predicted molar refractivity (Wildman–Crippen MR) is 68.7 cm³/mol. The number of fused-ring (bicyclic) bond motifs is 5. The van der Waals surface area contributed by atoms with Crippen molar-refractivity contribution in [2.45, 2.75) is 37.6 Å². The average Bonchev–Trinajstić information content (AvgIpc) is 2.99. The summed E-state index contributed by atoms with van der Waals surface area (Å²) in [6.45, 7) is 7.35. The Hall–Kier alpha value is -0.960. The minimum absolute atomic E-state index is 0.176. The summed E-state index contributed by atoms with van der Waals surface area (Å²) in [5.74, 6) is 2.72. The molecule has 0 spiro atoms. The van der Waals surface area contributed by atoms with E-state index in [1.165, 1.54) is 6.42 Å². The molecule has 0 amide bonds. The van der Waals surface area contributed by atoms with Gasteiger partial charge in [0.05, 0.1) is 18.6 Å². The van der Waals surface area contributed by atoms with Crippen molar-refractivity contribution >= 4 is 0 Å². The molecule has 3 fully saturated rings. The van der Waals surface area contributed by atoms with Gasteiger partial charge in [0.2, 0.25) is 0 Å². The maximum atomic E-state index is 5.70. The zero-order valence-corrected chi connectivity index (χ0v) is 11.0. The molecule has 3 aliphatic rings. The zero-order chi connectivity index (χ0) is 12.7. The van der Waals surface area contributed by atoms with Gasteiger partial charge in [-0.25, -0.2) is 0 Å². The summed E-state index contributed by atoms with van der Waals surface area (Å²) in [5.41, 5.74) is 0. The van der Waals surface area contributed by atoms with Crippen LogP contribution in [0.5, 0.6) is 0 Å². The molecule has 0 aromatic rings. The standard InChI is InChI=1S/C15H22O3/c1-4-17-12-7-9-6-10(12)11-8-13(18-5-2)15(16-3)14(9)11/h4-5,9-15H,1-2,6-8H2,3H3. The molecule has 0 N–H and O–H groups in total. The van der Waals surface area contributed by atoms with E-state index in [2.05, 4.69) is 13.2 Å². The molecule has 0 saturated heterocycles. The van der Waals surface area contributed by atoms with Gasteiger partial charge < -0.3 is 14.2 Å². The highest BCUT2D eigenvalue weighted by Gasteiger charge is 2.61. The highest BCUT2D eigenvalue weighted by Crippen LogP contribution is 2.60. The van der Waals surface area contributed by atoms with Gasteiger partial charge >= 0.3 is 0 Å². The lowest BCUT2D eigenvalue weighted by Gasteiger charge is -2.32. The van der Waals surface area contributed by atoms with Crippen LogP contribution in [-0.4, -0.2) is 25.4 Å². The average molecular weight is 250 g/mol. The molecule has 0 heterocycles. The lowest BCUT2D eigenvalue weighted by atomic mass is 9.79. The fourth-order valence-corrected chi connectivity index (χ4v) is 4.81. The normalized spacial score (nSPS) is 48.8. The van der Waals surface area contributed by atoms with Gasteiger partial charge in [0, 0.05) is 7.11 Å². The second kappa shape index (κ2) is 4.61. The summed E-state index contributed by atoms with van der Waals surface area (Å²) in [6, 6.07) is 0. The highest BCUT2D eigenvalue weighted by atomic mass is 16.5. The summed E-state index contributed by atoms with van der Waals surface area (Å²) in [4.78, 5) is 0. The molecule has 3 saturated carbocycles. The molecule has 3 heteroatoms. The van der Waals surface area contributed by atoms with Crippen LogP contribution in [0.3, 0.4) is 0 Å². The van der Waals surface area contributed by atoms with Crippen LogP contribution in [0.15, 0.2) is 25.7 Å². The van der Waals surface area contributed by atoms with Gasteiger partial charge in [-0.2, -0.15) is 0 Å². The van der Waals surface area contributed by atoms with Gasteiger partial charge in [-0.1, -0.05) is 13.2 Å². The van der Waals surface area contributed by atoms with Crippen molar-refractivity contribution in [2.24, 2.45) is 23.7 Å². The van der Waals surface area contributed by atoms with Crippen LogP contribution in [-0.2, 0) is 14.2 Å². The highest BCUT2D eigenvalue weighted by molar-refractivity contribution is 5.10. The molecule has 0 aromatic heterocycles. The lowest BCUT2D eigenvalue weighted by Crippen LogP contribution is -2.35. The second-order valence-corrected chi connectivity index (χ2v) is 5.75. The fourth-order valence-electron chi connectivity index (χ4n) is 4.81.